The molecule has 0 radical (unpaired) electrons. The van der Waals surface area contributed by atoms with Crippen molar-refractivity contribution in [3.05, 3.63) is 23.8 Å². The summed E-state index contributed by atoms with van der Waals surface area (Å²) >= 11 is 0. The van der Waals surface area contributed by atoms with Gasteiger partial charge in [-0.05, 0) is 24.7 Å². The summed E-state index contributed by atoms with van der Waals surface area (Å²) < 4.78 is 62.2. The van der Waals surface area contributed by atoms with Crippen molar-refractivity contribution in [2.75, 3.05) is 20.3 Å². The van der Waals surface area contributed by atoms with Gasteiger partial charge >= 0.3 is 12.3 Å². The highest BCUT2D eigenvalue weighted by molar-refractivity contribution is 5.45. The van der Waals surface area contributed by atoms with Crippen LogP contribution in [0, 0.1) is 0 Å². The van der Waals surface area contributed by atoms with E-state index in [-0.39, 0.29) is 11.3 Å². The molecule has 1 atom stereocenters. The number of benzene rings is 1. The van der Waals surface area contributed by atoms with Gasteiger partial charge in [-0.25, -0.2) is 8.78 Å². The monoisotopic (exact) mass is 279 g/mol. The molecule has 0 bridgehead atoms. The molecule has 0 amide bonds. The van der Waals surface area contributed by atoms with Gasteiger partial charge < -0.3 is 14.8 Å². The van der Waals surface area contributed by atoms with Crippen LogP contribution in [-0.4, -0.2) is 32.6 Å². The smallest absolute Gasteiger partial charge is 0.326 e. The molecular formula is C12H13F4NO2. The molecule has 106 valence electrons. The summed E-state index contributed by atoms with van der Waals surface area (Å²) in [6, 6.07) is 2.27. The highest BCUT2D eigenvalue weighted by Gasteiger charge is 2.49. The third-order valence-electron chi connectivity index (χ3n) is 2.86. The van der Waals surface area contributed by atoms with Gasteiger partial charge in [0.05, 0.1) is 0 Å². The van der Waals surface area contributed by atoms with Gasteiger partial charge in [-0.3, -0.25) is 0 Å². The zero-order valence-electron chi connectivity index (χ0n) is 10.1. The molecular weight excluding hydrogens is 266 g/mol. The second kappa shape index (κ2) is 5.24. The first kappa shape index (κ1) is 13.9. The highest BCUT2D eigenvalue weighted by Crippen LogP contribution is 2.40. The third kappa shape index (κ3) is 2.60. The molecule has 1 aliphatic rings. The molecule has 1 heterocycles. The molecule has 1 unspecified atom stereocenters. The van der Waals surface area contributed by atoms with Crippen LogP contribution in [0.1, 0.15) is 11.6 Å². The first-order valence-electron chi connectivity index (χ1n) is 5.69. The predicted octanol–water partition coefficient (Wildman–Crippen LogP) is 2.62. The van der Waals surface area contributed by atoms with Crippen LogP contribution in [0.2, 0.25) is 0 Å². The fourth-order valence-electron chi connectivity index (χ4n) is 1.95. The van der Waals surface area contributed by atoms with Gasteiger partial charge in [0.15, 0.2) is 11.5 Å². The normalized spacial score (nSPS) is 16.5. The van der Waals surface area contributed by atoms with E-state index in [4.69, 9.17) is 9.47 Å². The van der Waals surface area contributed by atoms with Crippen LogP contribution in [0.25, 0.3) is 0 Å². The molecule has 7 heteroatoms. The topological polar surface area (TPSA) is 30.5 Å². The van der Waals surface area contributed by atoms with E-state index in [1.54, 1.807) is 0 Å². The van der Waals surface area contributed by atoms with Gasteiger partial charge in [-0.2, -0.15) is 8.78 Å². The number of nitrogens with one attached hydrogen (secondary N) is 1. The van der Waals surface area contributed by atoms with E-state index in [9.17, 15) is 17.6 Å². The minimum atomic E-state index is -4.17. The number of hydrogen-bond acceptors (Lipinski definition) is 3. The second-order valence-electron chi connectivity index (χ2n) is 4.10. The molecule has 1 aromatic carbocycles. The lowest BCUT2D eigenvalue weighted by Crippen LogP contribution is -2.41. The minimum Gasteiger partial charge on any atom is -0.486 e. The molecule has 2 rings (SSSR count). The van der Waals surface area contributed by atoms with Crippen LogP contribution in [0.4, 0.5) is 17.6 Å². The Labute approximate surface area is 107 Å². The first-order chi connectivity index (χ1) is 8.96. The van der Waals surface area contributed by atoms with E-state index in [0.29, 0.717) is 19.0 Å². The van der Waals surface area contributed by atoms with Crippen LogP contribution < -0.4 is 14.8 Å². The molecule has 1 N–H and O–H groups in total. The van der Waals surface area contributed by atoms with Crippen molar-refractivity contribution in [3.8, 4) is 11.5 Å². The molecule has 19 heavy (non-hydrogen) atoms. The average Bonchev–Trinajstić information content (AvgIpc) is 2.39. The Morgan fingerprint density at radius 3 is 2.37 bits per heavy atom. The number of fused-ring (bicyclic) bond motifs is 1. The molecule has 0 spiro atoms. The van der Waals surface area contributed by atoms with Crippen molar-refractivity contribution in [1.29, 1.82) is 0 Å². The fourth-order valence-corrected chi connectivity index (χ4v) is 1.95. The van der Waals surface area contributed by atoms with Crippen LogP contribution in [0.15, 0.2) is 18.2 Å². The van der Waals surface area contributed by atoms with Crippen molar-refractivity contribution in [1.82, 2.24) is 5.32 Å². The van der Waals surface area contributed by atoms with Crippen molar-refractivity contribution in [3.63, 3.8) is 0 Å². The standard InChI is InChI=1S/C12H13F4NO2/c1-17-10(12(15,16)11(13)14)7-2-3-8-9(6-7)19-5-4-18-8/h2-3,6,10-11,17H,4-5H2,1H3. The molecule has 0 saturated carbocycles. The SMILES string of the molecule is CNC(c1ccc2c(c1)OCCO2)C(F)(F)C(F)F. The second-order valence-corrected chi connectivity index (χ2v) is 4.10. The van der Waals surface area contributed by atoms with E-state index < -0.39 is 18.4 Å². The summed E-state index contributed by atoms with van der Waals surface area (Å²) in [7, 11) is 1.21. The van der Waals surface area contributed by atoms with Crippen LogP contribution >= 0.6 is 0 Å². The average molecular weight is 279 g/mol. The number of ether oxygens (including phenoxy) is 2. The van der Waals surface area contributed by atoms with Crippen LogP contribution in [-0.2, 0) is 0 Å². The Morgan fingerprint density at radius 1 is 1.16 bits per heavy atom. The van der Waals surface area contributed by atoms with Gasteiger partial charge in [-0.15, -0.1) is 0 Å². The maximum absolute atomic E-state index is 13.4. The number of alkyl halides is 4. The summed E-state index contributed by atoms with van der Waals surface area (Å²) in [5, 5.41) is 2.22. The van der Waals surface area contributed by atoms with Crippen LogP contribution in [0.5, 0.6) is 11.5 Å². The van der Waals surface area contributed by atoms with E-state index in [1.165, 1.54) is 25.2 Å². The molecule has 1 aromatic rings. The maximum Gasteiger partial charge on any atom is 0.326 e. The van der Waals surface area contributed by atoms with E-state index in [1.807, 2.05) is 0 Å². The summed E-state index contributed by atoms with van der Waals surface area (Å²) in [5.74, 6) is -3.46. The number of halogens is 4. The largest absolute Gasteiger partial charge is 0.486 e. The maximum atomic E-state index is 13.4. The lowest BCUT2D eigenvalue weighted by molar-refractivity contribution is -0.150. The lowest BCUT2D eigenvalue weighted by atomic mass is 10.00. The Balaban J connectivity index is 2.34. The molecule has 1 aliphatic heterocycles. The Bertz CT molecular complexity index is 453. The zero-order valence-corrected chi connectivity index (χ0v) is 10.1. The van der Waals surface area contributed by atoms with Gasteiger partial charge in [0, 0.05) is 0 Å². The van der Waals surface area contributed by atoms with E-state index in [0.717, 1.165) is 0 Å². The summed E-state index contributed by atoms with van der Waals surface area (Å²) in [6.45, 7) is 0.668. The number of hydrogen-bond donors (Lipinski definition) is 1. The van der Waals surface area contributed by atoms with Crippen LogP contribution in [0.3, 0.4) is 0 Å². The molecule has 0 aromatic heterocycles. The Hall–Kier alpha value is -1.50. The molecule has 0 fully saturated rings. The Kier molecular flexibility index (Phi) is 3.84. The Morgan fingerprint density at radius 2 is 1.79 bits per heavy atom. The minimum absolute atomic E-state index is 0.0250. The van der Waals surface area contributed by atoms with Gasteiger partial charge in [-0.1, -0.05) is 6.07 Å². The fraction of sp³-hybridized carbons (Fsp3) is 0.500. The van der Waals surface area contributed by atoms with Crippen molar-refractivity contribution < 1.29 is 27.0 Å². The van der Waals surface area contributed by atoms with Gasteiger partial charge in [0.25, 0.3) is 0 Å². The lowest BCUT2D eigenvalue weighted by Gasteiger charge is -2.27. The van der Waals surface area contributed by atoms with Crippen molar-refractivity contribution >= 4 is 0 Å². The zero-order chi connectivity index (χ0) is 14.0. The summed E-state index contributed by atoms with van der Waals surface area (Å²) in [4.78, 5) is 0. The predicted molar refractivity (Wildman–Crippen MR) is 60.2 cm³/mol. The quantitative estimate of drug-likeness (QED) is 0.859. The summed E-state index contributed by atoms with van der Waals surface area (Å²) in [5.41, 5.74) is 0.0250. The first-order valence-corrected chi connectivity index (χ1v) is 5.69. The highest BCUT2D eigenvalue weighted by atomic mass is 19.3. The van der Waals surface area contributed by atoms with E-state index >= 15 is 0 Å². The third-order valence-corrected chi connectivity index (χ3v) is 2.86. The molecule has 3 nitrogen and oxygen atoms in total. The van der Waals surface area contributed by atoms with Crippen molar-refractivity contribution in [2.45, 2.75) is 18.4 Å². The van der Waals surface area contributed by atoms with E-state index in [2.05, 4.69) is 5.32 Å². The molecule has 0 saturated heterocycles. The van der Waals surface area contributed by atoms with Gasteiger partial charge in [0.1, 0.15) is 19.3 Å². The molecule has 0 aliphatic carbocycles. The number of rotatable bonds is 4. The van der Waals surface area contributed by atoms with Gasteiger partial charge in [0.2, 0.25) is 0 Å². The van der Waals surface area contributed by atoms with Crippen molar-refractivity contribution in [2.24, 2.45) is 0 Å². The summed E-state index contributed by atoms with van der Waals surface area (Å²) in [6.07, 6.45) is -3.75.